The van der Waals surface area contributed by atoms with Gasteiger partial charge in [-0.2, -0.15) is 5.10 Å². The van der Waals surface area contributed by atoms with Crippen LogP contribution in [0, 0.1) is 17.8 Å². The summed E-state index contributed by atoms with van der Waals surface area (Å²) >= 11 is 0. The molecule has 1 unspecified atom stereocenters. The molecule has 5 heteroatoms. The maximum atomic E-state index is 12.3. The lowest BCUT2D eigenvalue weighted by Crippen LogP contribution is -2.27. The first-order valence-corrected chi connectivity index (χ1v) is 7.03. The average Bonchev–Trinajstić information content (AvgIpc) is 2.72. The van der Waals surface area contributed by atoms with Gasteiger partial charge in [-0.1, -0.05) is 27.7 Å². The number of nitrogens with zero attached hydrogens (tertiary/aromatic N) is 3. The van der Waals surface area contributed by atoms with Gasteiger partial charge in [-0.05, 0) is 18.3 Å². The number of ketones is 1. The zero-order chi connectivity index (χ0) is 14.4. The monoisotopic (exact) mass is 266 g/mol. The third-order valence-electron chi connectivity index (χ3n) is 3.06. The molecule has 0 amide bonds. The van der Waals surface area contributed by atoms with Crippen molar-refractivity contribution in [2.45, 2.75) is 47.1 Å². The van der Waals surface area contributed by atoms with Crippen LogP contribution in [0.4, 0.5) is 0 Å². The number of aromatic nitrogens is 3. The minimum Gasteiger partial charge on any atom is -0.330 e. The van der Waals surface area contributed by atoms with Gasteiger partial charge in [-0.15, -0.1) is 0 Å². The first-order chi connectivity index (χ1) is 8.93. The van der Waals surface area contributed by atoms with Gasteiger partial charge in [-0.25, -0.2) is 9.67 Å². The van der Waals surface area contributed by atoms with E-state index in [4.69, 9.17) is 5.73 Å². The second-order valence-electron chi connectivity index (χ2n) is 5.96. The average molecular weight is 266 g/mol. The Bertz CT molecular complexity index is 398. The van der Waals surface area contributed by atoms with Crippen LogP contribution in [0.15, 0.2) is 6.33 Å². The summed E-state index contributed by atoms with van der Waals surface area (Å²) in [6.07, 6.45) is 2.69. The molecule has 1 aromatic rings. The molecule has 1 aromatic heterocycles. The van der Waals surface area contributed by atoms with Gasteiger partial charge in [0.2, 0.25) is 0 Å². The fourth-order valence-corrected chi connectivity index (χ4v) is 2.15. The summed E-state index contributed by atoms with van der Waals surface area (Å²) in [6, 6.07) is 0. The molecule has 108 valence electrons. The van der Waals surface area contributed by atoms with E-state index in [1.807, 2.05) is 4.68 Å². The molecule has 0 fully saturated rings. The van der Waals surface area contributed by atoms with Gasteiger partial charge in [0.15, 0.2) is 0 Å². The van der Waals surface area contributed by atoms with E-state index in [1.54, 1.807) is 0 Å². The topological polar surface area (TPSA) is 73.8 Å². The minimum absolute atomic E-state index is 0.0656. The normalized spacial score (nSPS) is 13.2. The third kappa shape index (κ3) is 5.11. The molecule has 1 heterocycles. The first kappa shape index (κ1) is 15.8. The SMILES string of the molecule is CC(C)CC(CN)C(=O)Cc1ncnn1CC(C)C. The van der Waals surface area contributed by atoms with Crippen LogP contribution in [0.25, 0.3) is 0 Å². The molecule has 0 radical (unpaired) electrons. The highest BCUT2D eigenvalue weighted by atomic mass is 16.1. The number of nitrogens with two attached hydrogens (primary N) is 1. The molecule has 1 atom stereocenters. The smallest absolute Gasteiger partial charge is 0.144 e. The highest BCUT2D eigenvalue weighted by Gasteiger charge is 2.20. The van der Waals surface area contributed by atoms with Crippen LogP contribution < -0.4 is 5.73 Å². The van der Waals surface area contributed by atoms with E-state index in [0.717, 1.165) is 18.8 Å². The van der Waals surface area contributed by atoms with Crippen LogP contribution in [-0.4, -0.2) is 27.1 Å². The van der Waals surface area contributed by atoms with Crippen LogP contribution in [0.1, 0.15) is 39.9 Å². The largest absolute Gasteiger partial charge is 0.330 e. The van der Waals surface area contributed by atoms with Gasteiger partial charge in [0.25, 0.3) is 0 Å². The maximum absolute atomic E-state index is 12.3. The Morgan fingerprint density at radius 2 is 2.00 bits per heavy atom. The number of Topliss-reactive ketones (excluding diaryl/α,β-unsaturated/α-hetero) is 1. The summed E-state index contributed by atoms with van der Waals surface area (Å²) in [5.74, 6) is 1.82. The van der Waals surface area contributed by atoms with Crippen LogP contribution >= 0.6 is 0 Å². The molecule has 0 aliphatic carbocycles. The number of carbonyl (C=O) groups excluding carboxylic acids is 1. The van der Waals surface area contributed by atoms with Crippen molar-refractivity contribution in [1.29, 1.82) is 0 Å². The second-order valence-corrected chi connectivity index (χ2v) is 5.96. The molecule has 0 aliphatic rings. The van der Waals surface area contributed by atoms with Crippen molar-refractivity contribution < 1.29 is 4.79 Å². The Balaban J connectivity index is 2.67. The molecular formula is C14H26N4O. The fourth-order valence-electron chi connectivity index (χ4n) is 2.15. The Hall–Kier alpha value is -1.23. The number of hydrogen-bond acceptors (Lipinski definition) is 4. The van der Waals surface area contributed by atoms with Crippen LogP contribution in [0.5, 0.6) is 0 Å². The van der Waals surface area contributed by atoms with Crippen molar-refractivity contribution in [2.24, 2.45) is 23.5 Å². The van der Waals surface area contributed by atoms with Gasteiger partial charge in [0.1, 0.15) is 17.9 Å². The van der Waals surface area contributed by atoms with Gasteiger partial charge >= 0.3 is 0 Å². The highest BCUT2D eigenvalue weighted by Crippen LogP contribution is 2.14. The zero-order valence-electron chi connectivity index (χ0n) is 12.5. The quantitative estimate of drug-likeness (QED) is 0.776. The molecular weight excluding hydrogens is 240 g/mol. The summed E-state index contributed by atoms with van der Waals surface area (Å²) in [4.78, 5) is 16.4. The lowest BCUT2D eigenvalue weighted by atomic mass is 9.92. The zero-order valence-corrected chi connectivity index (χ0v) is 12.5. The van der Waals surface area contributed by atoms with Crippen molar-refractivity contribution in [2.75, 3.05) is 6.54 Å². The Labute approximate surface area is 115 Å². The lowest BCUT2D eigenvalue weighted by Gasteiger charge is -2.16. The summed E-state index contributed by atoms with van der Waals surface area (Å²) in [6.45, 7) is 9.66. The molecule has 0 aliphatic heterocycles. The van der Waals surface area contributed by atoms with E-state index in [0.29, 0.717) is 24.8 Å². The molecule has 19 heavy (non-hydrogen) atoms. The molecule has 0 aromatic carbocycles. The maximum Gasteiger partial charge on any atom is 0.144 e. The number of carbonyl (C=O) groups is 1. The summed E-state index contributed by atoms with van der Waals surface area (Å²) in [5.41, 5.74) is 5.71. The molecule has 0 saturated carbocycles. The molecule has 1 rings (SSSR count). The van der Waals surface area contributed by atoms with Crippen molar-refractivity contribution in [3.8, 4) is 0 Å². The highest BCUT2D eigenvalue weighted by molar-refractivity contribution is 5.82. The van der Waals surface area contributed by atoms with E-state index in [9.17, 15) is 4.79 Å². The summed E-state index contributed by atoms with van der Waals surface area (Å²) < 4.78 is 1.82. The fraction of sp³-hybridized carbons (Fsp3) is 0.786. The van der Waals surface area contributed by atoms with Crippen LogP contribution in [-0.2, 0) is 17.8 Å². The summed E-state index contributed by atoms with van der Waals surface area (Å²) in [5, 5.41) is 4.18. The van der Waals surface area contributed by atoms with Gasteiger partial charge in [0.05, 0.1) is 6.42 Å². The van der Waals surface area contributed by atoms with E-state index in [2.05, 4.69) is 37.8 Å². The van der Waals surface area contributed by atoms with Gasteiger partial charge in [-0.3, -0.25) is 4.79 Å². The van der Waals surface area contributed by atoms with E-state index in [-0.39, 0.29) is 11.7 Å². The third-order valence-corrected chi connectivity index (χ3v) is 3.06. The lowest BCUT2D eigenvalue weighted by molar-refractivity contribution is -0.122. The standard InChI is InChI=1S/C14H26N4O/c1-10(2)5-12(7-15)13(19)6-14-16-9-17-18(14)8-11(3)4/h9-12H,5-8,15H2,1-4H3. The predicted molar refractivity (Wildman–Crippen MR) is 75.6 cm³/mol. The van der Waals surface area contributed by atoms with Crippen molar-refractivity contribution >= 4 is 5.78 Å². The Morgan fingerprint density at radius 3 is 2.53 bits per heavy atom. The molecule has 0 saturated heterocycles. The summed E-state index contributed by atoms with van der Waals surface area (Å²) in [7, 11) is 0. The molecule has 2 N–H and O–H groups in total. The van der Waals surface area contributed by atoms with Crippen molar-refractivity contribution in [3.63, 3.8) is 0 Å². The van der Waals surface area contributed by atoms with Crippen LogP contribution in [0.3, 0.4) is 0 Å². The Morgan fingerprint density at radius 1 is 1.32 bits per heavy atom. The number of hydrogen-bond donors (Lipinski definition) is 1. The first-order valence-electron chi connectivity index (χ1n) is 7.03. The van der Waals surface area contributed by atoms with E-state index < -0.39 is 0 Å². The van der Waals surface area contributed by atoms with Gasteiger partial charge in [0, 0.05) is 19.0 Å². The van der Waals surface area contributed by atoms with Gasteiger partial charge < -0.3 is 5.73 Å². The molecule has 0 spiro atoms. The second kappa shape index (κ2) is 7.38. The van der Waals surface area contributed by atoms with Crippen LogP contribution in [0.2, 0.25) is 0 Å². The molecule has 0 bridgehead atoms. The van der Waals surface area contributed by atoms with E-state index >= 15 is 0 Å². The molecule has 5 nitrogen and oxygen atoms in total. The minimum atomic E-state index is -0.0656. The Kier molecular flexibility index (Phi) is 6.15. The predicted octanol–water partition coefficient (Wildman–Crippen LogP) is 1.67. The van der Waals surface area contributed by atoms with Crippen molar-refractivity contribution in [1.82, 2.24) is 14.8 Å². The van der Waals surface area contributed by atoms with E-state index in [1.165, 1.54) is 6.33 Å². The van der Waals surface area contributed by atoms with Crippen molar-refractivity contribution in [3.05, 3.63) is 12.2 Å². The number of rotatable bonds is 8.